The minimum Gasteiger partial charge on any atom is -0.493 e. The lowest BCUT2D eigenvalue weighted by atomic mass is 9.66. The summed E-state index contributed by atoms with van der Waals surface area (Å²) >= 11 is 5.66. The number of aliphatic hydroxyl groups is 2. The summed E-state index contributed by atoms with van der Waals surface area (Å²) in [7, 11) is 0. The third kappa shape index (κ3) is 6.00. The van der Waals surface area contributed by atoms with E-state index in [-0.39, 0.29) is 30.4 Å². The molecule has 0 fully saturated rings. The topological polar surface area (TPSA) is 58.9 Å². The summed E-state index contributed by atoms with van der Waals surface area (Å²) in [5, 5.41) is 18.6. The van der Waals surface area contributed by atoms with Gasteiger partial charge in [0.1, 0.15) is 24.2 Å². The Bertz CT molecular complexity index is 738. The molecule has 0 bridgehead atoms. The molecule has 0 amide bonds. The van der Waals surface area contributed by atoms with Crippen molar-refractivity contribution in [3.05, 3.63) is 52.8 Å². The van der Waals surface area contributed by atoms with Crippen LogP contribution in [0.25, 0.3) is 0 Å². The van der Waals surface area contributed by atoms with Crippen LogP contribution in [0.3, 0.4) is 0 Å². The van der Waals surface area contributed by atoms with Crippen molar-refractivity contribution in [3.8, 4) is 5.75 Å². The first-order chi connectivity index (χ1) is 13.7. The predicted molar refractivity (Wildman–Crippen MR) is 119 cm³/mol. The summed E-state index contributed by atoms with van der Waals surface area (Å²) in [6.07, 6.45) is 4.42. The van der Waals surface area contributed by atoms with E-state index in [0.717, 1.165) is 22.6 Å². The Morgan fingerprint density at radius 3 is 2.52 bits per heavy atom. The molecular formula is C24H35ClO4. The van der Waals surface area contributed by atoms with E-state index in [0.29, 0.717) is 18.9 Å². The van der Waals surface area contributed by atoms with Crippen LogP contribution in [-0.2, 0) is 10.2 Å². The summed E-state index contributed by atoms with van der Waals surface area (Å²) in [5.41, 5.74) is 3.38. The molecule has 0 heterocycles. The van der Waals surface area contributed by atoms with E-state index in [1.165, 1.54) is 5.56 Å². The Morgan fingerprint density at radius 1 is 1.17 bits per heavy atom. The lowest BCUT2D eigenvalue weighted by molar-refractivity contribution is 0.0864. The maximum atomic E-state index is 9.66. The van der Waals surface area contributed by atoms with Crippen LogP contribution in [0.4, 0.5) is 0 Å². The van der Waals surface area contributed by atoms with Crippen molar-refractivity contribution in [1.29, 1.82) is 0 Å². The molecule has 0 aromatic heterocycles. The van der Waals surface area contributed by atoms with Crippen molar-refractivity contribution >= 4 is 11.6 Å². The van der Waals surface area contributed by atoms with Crippen molar-refractivity contribution in [1.82, 2.24) is 0 Å². The Balaban J connectivity index is 2.16. The molecule has 2 N–H and O–H groups in total. The van der Waals surface area contributed by atoms with Gasteiger partial charge in [0.05, 0.1) is 12.5 Å². The summed E-state index contributed by atoms with van der Waals surface area (Å²) in [4.78, 5) is 0. The summed E-state index contributed by atoms with van der Waals surface area (Å²) in [6, 6.07) is 6.38. The number of alkyl halides is 1. The second-order valence-electron chi connectivity index (χ2n) is 8.51. The van der Waals surface area contributed by atoms with E-state index in [2.05, 4.69) is 58.9 Å². The van der Waals surface area contributed by atoms with Crippen molar-refractivity contribution in [2.24, 2.45) is 11.8 Å². The largest absolute Gasteiger partial charge is 0.493 e. The Hall–Kier alpha value is -1.49. The number of ether oxygens (including phenoxy) is 2. The molecule has 2 unspecified atom stereocenters. The van der Waals surface area contributed by atoms with Gasteiger partial charge in [0.25, 0.3) is 0 Å². The highest BCUT2D eigenvalue weighted by Crippen LogP contribution is 2.42. The molecule has 0 saturated heterocycles. The van der Waals surface area contributed by atoms with E-state index < -0.39 is 6.10 Å². The zero-order chi connectivity index (χ0) is 21.6. The second kappa shape index (κ2) is 10.5. The fourth-order valence-corrected chi connectivity index (χ4v) is 3.98. The van der Waals surface area contributed by atoms with Crippen LogP contribution in [0.1, 0.15) is 45.2 Å². The molecule has 0 aliphatic heterocycles. The van der Waals surface area contributed by atoms with Crippen LogP contribution in [-0.4, -0.2) is 42.0 Å². The smallest absolute Gasteiger partial charge is 0.122 e. The fraction of sp³-hybridized carbons (Fsp3) is 0.583. The van der Waals surface area contributed by atoms with Crippen molar-refractivity contribution in [2.75, 3.05) is 25.7 Å². The van der Waals surface area contributed by atoms with Crippen LogP contribution in [0.15, 0.2) is 41.7 Å². The molecule has 3 atom stereocenters. The highest BCUT2D eigenvalue weighted by molar-refractivity contribution is 6.18. The number of hydrogen-bond donors (Lipinski definition) is 2. The molecule has 1 aromatic rings. The van der Waals surface area contributed by atoms with Crippen LogP contribution in [0.5, 0.6) is 5.75 Å². The van der Waals surface area contributed by atoms with Gasteiger partial charge >= 0.3 is 0 Å². The van der Waals surface area contributed by atoms with Gasteiger partial charge in [-0.05, 0) is 59.9 Å². The Morgan fingerprint density at radius 2 is 1.90 bits per heavy atom. The maximum absolute atomic E-state index is 9.66. The molecule has 1 aliphatic carbocycles. The lowest BCUT2D eigenvalue weighted by Gasteiger charge is -2.39. The highest BCUT2D eigenvalue weighted by Gasteiger charge is 2.36. The van der Waals surface area contributed by atoms with Gasteiger partial charge in [-0.25, -0.2) is 0 Å². The first kappa shape index (κ1) is 23.8. The van der Waals surface area contributed by atoms with E-state index in [4.69, 9.17) is 26.2 Å². The summed E-state index contributed by atoms with van der Waals surface area (Å²) in [6.45, 7) is 11.7. The van der Waals surface area contributed by atoms with E-state index in [1.807, 2.05) is 6.07 Å². The molecule has 1 aromatic carbocycles. The Kier molecular flexibility index (Phi) is 8.62. The molecule has 29 heavy (non-hydrogen) atoms. The first-order valence-electron chi connectivity index (χ1n) is 10.3. The van der Waals surface area contributed by atoms with Gasteiger partial charge in [-0.1, -0.05) is 39.0 Å². The van der Waals surface area contributed by atoms with Crippen molar-refractivity contribution in [3.63, 3.8) is 0 Å². The van der Waals surface area contributed by atoms with Crippen molar-refractivity contribution < 1.29 is 19.7 Å². The van der Waals surface area contributed by atoms with Gasteiger partial charge in [0.15, 0.2) is 0 Å². The lowest BCUT2D eigenvalue weighted by Crippen LogP contribution is -2.33. The quantitative estimate of drug-likeness (QED) is 0.422. The van der Waals surface area contributed by atoms with Gasteiger partial charge < -0.3 is 19.7 Å². The number of allylic oxidation sites excluding steroid dienone is 3. The van der Waals surface area contributed by atoms with Gasteiger partial charge in [-0.2, -0.15) is 0 Å². The van der Waals surface area contributed by atoms with Gasteiger partial charge in [-0.15, -0.1) is 11.6 Å². The third-order valence-corrected chi connectivity index (χ3v) is 6.08. The first-order valence-corrected chi connectivity index (χ1v) is 10.9. The SMILES string of the molecule is CC1=CC(C(C)(C)c2ccc(OCCCO)c(C)c2)C(C)C=C1OC[C@H](O)CCl. The van der Waals surface area contributed by atoms with E-state index >= 15 is 0 Å². The average molecular weight is 423 g/mol. The summed E-state index contributed by atoms with van der Waals surface area (Å²) in [5.74, 6) is 2.47. The zero-order valence-electron chi connectivity index (χ0n) is 18.2. The average Bonchev–Trinajstić information content (AvgIpc) is 2.69. The molecule has 1 aliphatic rings. The van der Waals surface area contributed by atoms with E-state index in [9.17, 15) is 5.11 Å². The van der Waals surface area contributed by atoms with Gasteiger partial charge in [0.2, 0.25) is 0 Å². The monoisotopic (exact) mass is 422 g/mol. The predicted octanol–water partition coefficient (Wildman–Crippen LogP) is 4.75. The minimum absolute atomic E-state index is 0.0766. The number of halogens is 1. The Labute approximate surface area is 180 Å². The molecule has 0 spiro atoms. The molecule has 4 nitrogen and oxygen atoms in total. The zero-order valence-corrected chi connectivity index (χ0v) is 19.0. The number of benzene rings is 1. The fourth-order valence-electron chi connectivity index (χ4n) is 3.89. The van der Waals surface area contributed by atoms with E-state index in [1.54, 1.807) is 0 Å². The maximum Gasteiger partial charge on any atom is 0.122 e. The number of hydrogen-bond acceptors (Lipinski definition) is 4. The van der Waals surface area contributed by atoms with Crippen molar-refractivity contribution in [2.45, 2.75) is 52.6 Å². The van der Waals surface area contributed by atoms with Crippen LogP contribution in [0, 0.1) is 18.8 Å². The highest BCUT2D eigenvalue weighted by atomic mass is 35.5. The van der Waals surface area contributed by atoms with Crippen LogP contribution in [0.2, 0.25) is 0 Å². The standard InChI is InChI=1S/C24H35ClO4/c1-16-13-23(29-15-20(27)14-25)18(3)12-21(16)24(4,5)19-7-8-22(17(2)11-19)28-10-6-9-26/h7-8,11-13,16,20-21,26-27H,6,9-10,14-15H2,1-5H3/t16?,20-,21?/m1/s1. The van der Waals surface area contributed by atoms with Crippen LogP contribution < -0.4 is 4.74 Å². The molecule has 0 radical (unpaired) electrons. The normalized spacial score (nSPS) is 20.7. The minimum atomic E-state index is -0.657. The second-order valence-corrected chi connectivity index (χ2v) is 8.82. The van der Waals surface area contributed by atoms with Gasteiger partial charge in [-0.3, -0.25) is 0 Å². The molecular weight excluding hydrogens is 388 g/mol. The third-order valence-electron chi connectivity index (χ3n) is 5.72. The summed E-state index contributed by atoms with van der Waals surface area (Å²) < 4.78 is 11.6. The number of aryl methyl sites for hydroxylation is 1. The van der Waals surface area contributed by atoms with Crippen LogP contribution >= 0.6 is 11.6 Å². The molecule has 0 saturated carbocycles. The number of rotatable bonds is 10. The number of aliphatic hydroxyl groups excluding tert-OH is 2. The molecule has 5 heteroatoms. The van der Waals surface area contributed by atoms with Gasteiger partial charge in [0, 0.05) is 13.0 Å². The molecule has 162 valence electrons. The molecule has 2 rings (SSSR count).